The first-order chi connectivity index (χ1) is 10.6. The van der Waals surface area contributed by atoms with Crippen LogP contribution in [0, 0.1) is 6.92 Å². The molecule has 2 rings (SSSR count). The molecule has 2 aromatic rings. The monoisotopic (exact) mass is 320 g/mol. The number of thiazole rings is 1. The van der Waals surface area contributed by atoms with Crippen molar-refractivity contribution < 1.29 is 14.6 Å². The Kier molecular flexibility index (Phi) is 5.91. The van der Waals surface area contributed by atoms with Gasteiger partial charge in [-0.1, -0.05) is 17.7 Å². The molecular weight excluding hydrogens is 300 g/mol. The number of aromatic nitrogens is 1. The van der Waals surface area contributed by atoms with E-state index in [2.05, 4.69) is 10.3 Å². The van der Waals surface area contributed by atoms with Gasteiger partial charge in [-0.25, -0.2) is 4.98 Å². The quantitative estimate of drug-likeness (QED) is 0.819. The van der Waals surface area contributed by atoms with Gasteiger partial charge in [-0.05, 0) is 26.0 Å². The normalized spacial score (nSPS) is 12.0. The van der Waals surface area contributed by atoms with Gasteiger partial charge in [0, 0.05) is 11.4 Å². The van der Waals surface area contributed by atoms with Crippen LogP contribution in [0.4, 0.5) is 0 Å². The molecule has 2 N–H and O–H groups in total. The van der Waals surface area contributed by atoms with Crippen molar-refractivity contribution in [1.29, 1.82) is 0 Å². The summed E-state index contributed by atoms with van der Waals surface area (Å²) < 4.78 is 5.66. The Morgan fingerprint density at radius 3 is 2.82 bits per heavy atom. The molecule has 0 aliphatic rings. The van der Waals surface area contributed by atoms with E-state index in [-0.39, 0.29) is 25.0 Å². The molecule has 0 aliphatic carbocycles. The number of ether oxygens (including phenoxy) is 1. The van der Waals surface area contributed by atoms with E-state index in [9.17, 15) is 4.79 Å². The highest BCUT2D eigenvalue weighted by atomic mass is 32.1. The summed E-state index contributed by atoms with van der Waals surface area (Å²) in [6.07, 6.45) is 0.214. The Hall–Kier alpha value is -1.92. The van der Waals surface area contributed by atoms with E-state index < -0.39 is 0 Å². The largest absolute Gasteiger partial charge is 0.486 e. The van der Waals surface area contributed by atoms with Crippen molar-refractivity contribution in [2.45, 2.75) is 32.9 Å². The fourth-order valence-corrected chi connectivity index (χ4v) is 2.52. The maximum absolute atomic E-state index is 11.7. The standard InChI is InChI=1S/C16H20N2O3S/c1-11-3-5-14(6-4-11)21-9-16-18-13(10-22-16)7-15(20)17-12(2)8-19/h3-6,10,12,19H,7-9H2,1-2H3,(H,17,20). The number of amides is 1. The van der Waals surface area contributed by atoms with E-state index in [4.69, 9.17) is 9.84 Å². The van der Waals surface area contributed by atoms with Crippen LogP contribution in [0.2, 0.25) is 0 Å². The SMILES string of the molecule is Cc1ccc(OCc2nc(CC(=O)NC(C)CO)cs2)cc1. The number of aryl methyl sites for hydroxylation is 1. The highest BCUT2D eigenvalue weighted by Gasteiger charge is 2.10. The van der Waals surface area contributed by atoms with Gasteiger partial charge in [0.05, 0.1) is 18.7 Å². The smallest absolute Gasteiger partial charge is 0.226 e. The summed E-state index contributed by atoms with van der Waals surface area (Å²) in [4.78, 5) is 16.1. The van der Waals surface area contributed by atoms with Crippen LogP contribution in [-0.2, 0) is 17.8 Å². The molecule has 6 heteroatoms. The second-order valence-electron chi connectivity index (χ2n) is 5.16. The molecule has 1 heterocycles. The fraction of sp³-hybridized carbons (Fsp3) is 0.375. The number of nitrogens with one attached hydrogen (secondary N) is 1. The number of aliphatic hydroxyl groups is 1. The molecule has 1 atom stereocenters. The second kappa shape index (κ2) is 7.91. The van der Waals surface area contributed by atoms with Gasteiger partial charge in [0.15, 0.2) is 0 Å². The molecule has 0 fully saturated rings. The van der Waals surface area contributed by atoms with Gasteiger partial charge >= 0.3 is 0 Å². The van der Waals surface area contributed by atoms with E-state index in [1.807, 2.05) is 36.6 Å². The summed E-state index contributed by atoms with van der Waals surface area (Å²) in [5, 5.41) is 14.3. The van der Waals surface area contributed by atoms with Crippen molar-refractivity contribution in [3.8, 4) is 5.75 Å². The molecule has 1 aromatic heterocycles. The lowest BCUT2D eigenvalue weighted by molar-refractivity contribution is -0.121. The zero-order valence-corrected chi connectivity index (χ0v) is 13.5. The predicted molar refractivity (Wildman–Crippen MR) is 86.0 cm³/mol. The first kappa shape index (κ1) is 16.5. The van der Waals surface area contributed by atoms with Gasteiger partial charge in [-0.3, -0.25) is 4.79 Å². The van der Waals surface area contributed by atoms with Gasteiger partial charge in [0.1, 0.15) is 17.4 Å². The highest BCUT2D eigenvalue weighted by Crippen LogP contribution is 2.16. The van der Waals surface area contributed by atoms with Crippen LogP contribution in [0.15, 0.2) is 29.6 Å². The van der Waals surface area contributed by atoms with E-state index in [0.717, 1.165) is 16.5 Å². The van der Waals surface area contributed by atoms with E-state index in [1.54, 1.807) is 6.92 Å². The molecule has 0 spiro atoms. The van der Waals surface area contributed by atoms with Gasteiger partial charge in [0.2, 0.25) is 5.91 Å². The minimum atomic E-state index is -0.240. The lowest BCUT2D eigenvalue weighted by Crippen LogP contribution is -2.36. The molecule has 118 valence electrons. The zero-order valence-electron chi connectivity index (χ0n) is 12.7. The van der Waals surface area contributed by atoms with Crippen molar-refractivity contribution in [2.75, 3.05) is 6.61 Å². The zero-order chi connectivity index (χ0) is 15.9. The third-order valence-corrected chi connectivity index (χ3v) is 3.88. The van der Waals surface area contributed by atoms with Crippen LogP contribution in [0.25, 0.3) is 0 Å². The van der Waals surface area contributed by atoms with Crippen molar-refractivity contribution in [1.82, 2.24) is 10.3 Å². The number of carbonyl (C=O) groups excluding carboxylic acids is 1. The van der Waals surface area contributed by atoms with E-state index in [1.165, 1.54) is 16.9 Å². The van der Waals surface area contributed by atoms with Crippen molar-refractivity contribution >= 4 is 17.2 Å². The van der Waals surface area contributed by atoms with Crippen LogP contribution < -0.4 is 10.1 Å². The number of rotatable bonds is 7. The van der Waals surface area contributed by atoms with Crippen molar-refractivity contribution in [3.63, 3.8) is 0 Å². The van der Waals surface area contributed by atoms with Crippen molar-refractivity contribution in [3.05, 3.63) is 45.9 Å². The summed E-state index contributed by atoms with van der Waals surface area (Å²) in [5.74, 6) is 0.662. The number of benzene rings is 1. The topological polar surface area (TPSA) is 71.5 Å². The summed E-state index contributed by atoms with van der Waals surface area (Å²) in [5.41, 5.74) is 1.90. The lowest BCUT2D eigenvalue weighted by atomic mass is 10.2. The minimum absolute atomic E-state index is 0.0710. The number of carbonyl (C=O) groups is 1. The Balaban J connectivity index is 1.83. The average molecular weight is 320 g/mol. The molecule has 22 heavy (non-hydrogen) atoms. The van der Waals surface area contributed by atoms with Crippen LogP contribution in [0.5, 0.6) is 5.75 Å². The number of hydrogen-bond acceptors (Lipinski definition) is 5. The minimum Gasteiger partial charge on any atom is -0.486 e. The molecule has 1 unspecified atom stereocenters. The van der Waals surface area contributed by atoms with Gasteiger partial charge in [-0.15, -0.1) is 11.3 Å². The lowest BCUT2D eigenvalue weighted by Gasteiger charge is -2.09. The maximum Gasteiger partial charge on any atom is 0.226 e. The average Bonchev–Trinajstić information content (AvgIpc) is 2.93. The van der Waals surface area contributed by atoms with E-state index >= 15 is 0 Å². The second-order valence-corrected chi connectivity index (χ2v) is 6.10. The van der Waals surface area contributed by atoms with Gasteiger partial charge < -0.3 is 15.2 Å². The van der Waals surface area contributed by atoms with Gasteiger partial charge in [-0.2, -0.15) is 0 Å². The number of hydrogen-bond donors (Lipinski definition) is 2. The summed E-state index contributed by atoms with van der Waals surface area (Å²) in [6.45, 7) is 4.10. The first-order valence-electron chi connectivity index (χ1n) is 7.10. The first-order valence-corrected chi connectivity index (χ1v) is 7.97. The van der Waals surface area contributed by atoms with Crippen LogP contribution in [0.1, 0.15) is 23.2 Å². The maximum atomic E-state index is 11.7. The Labute approximate surface area is 134 Å². The van der Waals surface area contributed by atoms with Gasteiger partial charge in [0.25, 0.3) is 0 Å². The summed E-state index contributed by atoms with van der Waals surface area (Å²) >= 11 is 1.47. The Morgan fingerprint density at radius 1 is 1.41 bits per heavy atom. The number of nitrogens with zero attached hydrogens (tertiary/aromatic N) is 1. The molecule has 0 aliphatic heterocycles. The molecular formula is C16H20N2O3S. The molecule has 0 radical (unpaired) electrons. The molecule has 0 saturated carbocycles. The number of aliphatic hydroxyl groups excluding tert-OH is 1. The predicted octanol–water partition coefficient (Wildman–Crippen LogP) is 2.07. The molecule has 1 aromatic carbocycles. The Bertz CT molecular complexity index is 610. The van der Waals surface area contributed by atoms with Crippen LogP contribution in [-0.4, -0.2) is 28.6 Å². The highest BCUT2D eigenvalue weighted by molar-refractivity contribution is 7.09. The Morgan fingerprint density at radius 2 is 2.14 bits per heavy atom. The molecule has 0 saturated heterocycles. The van der Waals surface area contributed by atoms with Crippen LogP contribution >= 0.6 is 11.3 Å². The van der Waals surface area contributed by atoms with E-state index in [0.29, 0.717) is 6.61 Å². The summed E-state index contributed by atoms with van der Waals surface area (Å²) in [7, 11) is 0. The van der Waals surface area contributed by atoms with Crippen LogP contribution in [0.3, 0.4) is 0 Å². The molecule has 0 bridgehead atoms. The molecule has 5 nitrogen and oxygen atoms in total. The fourth-order valence-electron chi connectivity index (χ4n) is 1.81. The molecule has 1 amide bonds. The van der Waals surface area contributed by atoms with Crippen molar-refractivity contribution in [2.24, 2.45) is 0 Å². The third-order valence-electron chi connectivity index (χ3n) is 3.01. The summed E-state index contributed by atoms with van der Waals surface area (Å²) in [6, 6.07) is 7.60. The third kappa shape index (κ3) is 5.13.